The molecule has 0 N–H and O–H groups in total. The number of aromatic nitrogens is 1. The Labute approximate surface area is 107 Å². The molecule has 0 bridgehead atoms. The first kappa shape index (κ1) is 12.2. The molecule has 2 heteroatoms. The number of ketones is 1. The van der Waals surface area contributed by atoms with Gasteiger partial charge in [-0.3, -0.25) is 9.78 Å². The van der Waals surface area contributed by atoms with E-state index in [4.69, 9.17) is 0 Å². The minimum atomic E-state index is 0.0250. The SMILES string of the molecule is CC(=O)/C(=C/c1ccccc1C)c1ccccn1. The molecule has 0 radical (unpaired) electrons. The van der Waals surface area contributed by atoms with Crippen LogP contribution in [0, 0.1) is 6.92 Å². The molecule has 0 aliphatic carbocycles. The molecule has 0 unspecified atom stereocenters. The largest absolute Gasteiger partial charge is 0.294 e. The Hall–Kier alpha value is -2.22. The number of hydrogen-bond donors (Lipinski definition) is 0. The van der Waals surface area contributed by atoms with Gasteiger partial charge in [-0.2, -0.15) is 0 Å². The van der Waals surface area contributed by atoms with E-state index < -0.39 is 0 Å². The van der Waals surface area contributed by atoms with Crippen LogP contribution in [0.15, 0.2) is 48.7 Å². The van der Waals surface area contributed by atoms with E-state index in [0.29, 0.717) is 11.3 Å². The van der Waals surface area contributed by atoms with Crippen LogP contribution in [-0.2, 0) is 4.79 Å². The van der Waals surface area contributed by atoms with Gasteiger partial charge in [0.2, 0.25) is 0 Å². The zero-order chi connectivity index (χ0) is 13.0. The molecule has 2 rings (SSSR count). The molecule has 0 fully saturated rings. The number of Topliss-reactive ketones (excluding diaryl/α,β-unsaturated/α-hetero) is 1. The number of hydrogen-bond acceptors (Lipinski definition) is 2. The minimum Gasteiger partial charge on any atom is -0.294 e. The van der Waals surface area contributed by atoms with Crippen LogP contribution < -0.4 is 0 Å². The van der Waals surface area contributed by atoms with Gasteiger partial charge in [0.05, 0.1) is 5.69 Å². The first-order valence-electron chi connectivity index (χ1n) is 5.88. The van der Waals surface area contributed by atoms with E-state index in [1.165, 1.54) is 0 Å². The van der Waals surface area contributed by atoms with Gasteiger partial charge in [0.1, 0.15) is 0 Å². The Kier molecular flexibility index (Phi) is 3.68. The second-order valence-corrected chi connectivity index (χ2v) is 4.19. The molecule has 0 aliphatic heterocycles. The fourth-order valence-corrected chi connectivity index (χ4v) is 1.78. The Morgan fingerprint density at radius 1 is 1.11 bits per heavy atom. The third-order valence-electron chi connectivity index (χ3n) is 2.81. The predicted octanol–water partition coefficient (Wildman–Crippen LogP) is 3.52. The van der Waals surface area contributed by atoms with Crippen molar-refractivity contribution < 1.29 is 4.79 Å². The molecule has 0 saturated carbocycles. The fourth-order valence-electron chi connectivity index (χ4n) is 1.78. The number of pyridine rings is 1. The van der Waals surface area contributed by atoms with Crippen molar-refractivity contribution in [3.63, 3.8) is 0 Å². The molecule has 2 aromatic rings. The maximum Gasteiger partial charge on any atom is 0.161 e. The van der Waals surface area contributed by atoms with Crippen LogP contribution in [0.1, 0.15) is 23.7 Å². The molecule has 0 spiro atoms. The number of carbonyl (C=O) groups excluding carboxylic acids is 1. The van der Waals surface area contributed by atoms with Gasteiger partial charge in [-0.1, -0.05) is 30.3 Å². The Bertz CT molecular complexity index is 585. The van der Waals surface area contributed by atoms with Gasteiger partial charge in [0.25, 0.3) is 0 Å². The standard InChI is InChI=1S/C16H15NO/c1-12-7-3-4-8-14(12)11-15(13(2)18)16-9-5-6-10-17-16/h3-11H,1-2H3/b15-11-. The van der Waals surface area contributed by atoms with Crippen molar-refractivity contribution in [2.45, 2.75) is 13.8 Å². The van der Waals surface area contributed by atoms with Crippen molar-refractivity contribution >= 4 is 17.4 Å². The zero-order valence-electron chi connectivity index (χ0n) is 10.6. The summed E-state index contributed by atoms with van der Waals surface area (Å²) in [6, 6.07) is 13.6. The molecule has 0 atom stereocenters. The average molecular weight is 237 g/mol. The lowest BCUT2D eigenvalue weighted by atomic mass is 10.0. The van der Waals surface area contributed by atoms with E-state index in [2.05, 4.69) is 4.98 Å². The monoisotopic (exact) mass is 237 g/mol. The highest BCUT2D eigenvalue weighted by Crippen LogP contribution is 2.19. The number of nitrogens with zero attached hydrogens (tertiary/aromatic N) is 1. The van der Waals surface area contributed by atoms with Crippen molar-refractivity contribution in [3.05, 3.63) is 65.5 Å². The fraction of sp³-hybridized carbons (Fsp3) is 0.125. The van der Waals surface area contributed by atoms with E-state index in [1.54, 1.807) is 13.1 Å². The van der Waals surface area contributed by atoms with Crippen molar-refractivity contribution in [1.82, 2.24) is 4.98 Å². The summed E-state index contributed by atoms with van der Waals surface area (Å²) in [4.78, 5) is 16.0. The summed E-state index contributed by atoms with van der Waals surface area (Å²) in [6.45, 7) is 3.60. The molecule has 1 aromatic heterocycles. The van der Waals surface area contributed by atoms with Gasteiger partial charge >= 0.3 is 0 Å². The lowest BCUT2D eigenvalue weighted by Gasteiger charge is -2.05. The molecule has 1 heterocycles. The number of carbonyl (C=O) groups is 1. The third kappa shape index (κ3) is 2.72. The zero-order valence-corrected chi connectivity index (χ0v) is 10.6. The Morgan fingerprint density at radius 3 is 2.44 bits per heavy atom. The van der Waals surface area contributed by atoms with Gasteiger partial charge in [-0.15, -0.1) is 0 Å². The number of aryl methyl sites for hydroxylation is 1. The van der Waals surface area contributed by atoms with Gasteiger partial charge in [0, 0.05) is 11.8 Å². The van der Waals surface area contributed by atoms with Crippen LogP contribution in [0.4, 0.5) is 0 Å². The van der Waals surface area contributed by atoms with Crippen LogP contribution in [-0.4, -0.2) is 10.8 Å². The van der Waals surface area contributed by atoms with Crippen LogP contribution >= 0.6 is 0 Å². The van der Waals surface area contributed by atoms with E-state index >= 15 is 0 Å². The molecule has 0 amide bonds. The van der Waals surface area contributed by atoms with Crippen LogP contribution in [0.2, 0.25) is 0 Å². The lowest BCUT2D eigenvalue weighted by molar-refractivity contribution is -0.111. The molecule has 0 aliphatic rings. The molecule has 1 aromatic carbocycles. The first-order chi connectivity index (χ1) is 8.68. The smallest absolute Gasteiger partial charge is 0.161 e. The van der Waals surface area contributed by atoms with Crippen molar-refractivity contribution in [3.8, 4) is 0 Å². The van der Waals surface area contributed by atoms with Gasteiger partial charge in [-0.05, 0) is 43.2 Å². The molecule has 2 nitrogen and oxygen atoms in total. The van der Waals surface area contributed by atoms with E-state index in [1.807, 2.05) is 55.5 Å². The van der Waals surface area contributed by atoms with E-state index in [9.17, 15) is 4.79 Å². The molecule has 0 saturated heterocycles. The van der Waals surface area contributed by atoms with Crippen molar-refractivity contribution in [1.29, 1.82) is 0 Å². The van der Waals surface area contributed by atoms with Gasteiger partial charge < -0.3 is 0 Å². The van der Waals surface area contributed by atoms with Crippen molar-refractivity contribution in [2.75, 3.05) is 0 Å². The number of benzene rings is 1. The maximum atomic E-state index is 11.8. The summed E-state index contributed by atoms with van der Waals surface area (Å²) in [5.74, 6) is 0.0250. The Balaban J connectivity index is 2.50. The summed E-state index contributed by atoms with van der Waals surface area (Å²) >= 11 is 0. The summed E-state index contributed by atoms with van der Waals surface area (Å²) < 4.78 is 0. The highest BCUT2D eigenvalue weighted by Gasteiger charge is 2.08. The topological polar surface area (TPSA) is 30.0 Å². The minimum absolute atomic E-state index is 0.0250. The lowest BCUT2D eigenvalue weighted by Crippen LogP contribution is -1.98. The third-order valence-corrected chi connectivity index (χ3v) is 2.81. The Morgan fingerprint density at radius 2 is 1.83 bits per heavy atom. The molecular formula is C16H15NO. The highest BCUT2D eigenvalue weighted by molar-refractivity contribution is 6.23. The number of allylic oxidation sites excluding steroid dienone is 1. The second-order valence-electron chi connectivity index (χ2n) is 4.19. The molecule has 18 heavy (non-hydrogen) atoms. The van der Waals surface area contributed by atoms with Crippen LogP contribution in [0.5, 0.6) is 0 Å². The highest BCUT2D eigenvalue weighted by atomic mass is 16.1. The average Bonchev–Trinajstić information content (AvgIpc) is 2.38. The van der Waals surface area contributed by atoms with E-state index in [0.717, 1.165) is 11.1 Å². The quantitative estimate of drug-likeness (QED) is 0.764. The molecule has 90 valence electrons. The van der Waals surface area contributed by atoms with Crippen LogP contribution in [0.3, 0.4) is 0 Å². The summed E-state index contributed by atoms with van der Waals surface area (Å²) in [5, 5.41) is 0. The van der Waals surface area contributed by atoms with Gasteiger partial charge in [0.15, 0.2) is 5.78 Å². The maximum absolute atomic E-state index is 11.8. The predicted molar refractivity (Wildman–Crippen MR) is 74.0 cm³/mol. The summed E-state index contributed by atoms with van der Waals surface area (Å²) in [5.41, 5.74) is 3.55. The van der Waals surface area contributed by atoms with Crippen molar-refractivity contribution in [2.24, 2.45) is 0 Å². The summed E-state index contributed by atoms with van der Waals surface area (Å²) in [6.07, 6.45) is 3.60. The van der Waals surface area contributed by atoms with E-state index in [-0.39, 0.29) is 5.78 Å². The first-order valence-corrected chi connectivity index (χ1v) is 5.88. The van der Waals surface area contributed by atoms with Crippen LogP contribution in [0.25, 0.3) is 11.6 Å². The van der Waals surface area contributed by atoms with Gasteiger partial charge in [-0.25, -0.2) is 0 Å². The normalized spacial score (nSPS) is 11.3. The summed E-state index contributed by atoms with van der Waals surface area (Å²) in [7, 11) is 0. The second kappa shape index (κ2) is 5.41. The number of rotatable bonds is 3. The molecular weight excluding hydrogens is 222 g/mol.